The molecule has 0 saturated carbocycles. The topological polar surface area (TPSA) is 78.9 Å². The standard InChI is InChI=1S/C18H20O6/c1-4-22-17(20)13(3)10-15(18(21)23-5-2)11-14-6-8-16(9-7-14)24-12-19/h6-9,11-12H,3-5,10H2,1-2H3. The number of rotatable bonds is 9. The van der Waals surface area contributed by atoms with E-state index < -0.39 is 11.9 Å². The highest BCUT2D eigenvalue weighted by Gasteiger charge is 2.17. The second-order valence-corrected chi connectivity index (χ2v) is 4.67. The summed E-state index contributed by atoms with van der Waals surface area (Å²) in [4.78, 5) is 34.0. The van der Waals surface area contributed by atoms with Gasteiger partial charge < -0.3 is 14.2 Å². The Kier molecular flexibility index (Phi) is 7.98. The Morgan fingerprint density at radius 3 is 2.17 bits per heavy atom. The molecular weight excluding hydrogens is 312 g/mol. The Balaban J connectivity index is 2.99. The molecule has 0 unspecified atom stereocenters. The van der Waals surface area contributed by atoms with Gasteiger partial charge in [0.1, 0.15) is 5.75 Å². The molecule has 0 bridgehead atoms. The van der Waals surface area contributed by atoms with E-state index in [-0.39, 0.29) is 30.8 Å². The predicted molar refractivity (Wildman–Crippen MR) is 88.1 cm³/mol. The minimum absolute atomic E-state index is 0.0181. The fourth-order valence-corrected chi connectivity index (χ4v) is 1.84. The van der Waals surface area contributed by atoms with E-state index in [0.29, 0.717) is 17.8 Å². The van der Waals surface area contributed by atoms with Gasteiger partial charge in [-0.1, -0.05) is 18.7 Å². The average Bonchev–Trinajstić information content (AvgIpc) is 2.56. The van der Waals surface area contributed by atoms with Gasteiger partial charge >= 0.3 is 11.9 Å². The van der Waals surface area contributed by atoms with Crippen LogP contribution in [0.1, 0.15) is 25.8 Å². The Morgan fingerprint density at radius 1 is 1.04 bits per heavy atom. The van der Waals surface area contributed by atoms with Gasteiger partial charge in [-0.15, -0.1) is 0 Å². The van der Waals surface area contributed by atoms with Gasteiger partial charge in [-0.2, -0.15) is 0 Å². The minimum atomic E-state index is -0.553. The summed E-state index contributed by atoms with van der Waals surface area (Å²) in [7, 11) is 0. The number of hydrogen-bond donors (Lipinski definition) is 0. The smallest absolute Gasteiger partial charge is 0.334 e. The predicted octanol–water partition coefficient (Wildman–Crippen LogP) is 2.68. The van der Waals surface area contributed by atoms with E-state index in [1.807, 2.05) is 0 Å². The second kappa shape index (κ2) is 9.99. The normalized spacial score (nSPS) is 10.7. The van der Waals surface area contributed by atoms with Crippen LogP contribution in [0.4, 0.5) is 0 Å². The summed E-state index contributed by atoms with van der Waals surface area (Å²) in [5, 5.41) is 0. The molecule has 0 aliphatic rings. The van der Waals surface area contributed by atoms with Crippen LogP contribution in [0.5, 0.6) is 5.75 Å². The van der Waals surface area contributed by atoms with Crippen molar-refractivity contribution >= 4 is 24.5 Å². The van der Waals surface area contributed by atoms with E-state index in [0.717, 1.165) is 0 Å². The van der Waals surface area contributed by atoms with Crippen LogP contribution < -0.4 is 4.74 Å². The highest BCUT2D eigenvalue weighted by Crippen LogP contribution is 2.19. The van der Waals surface area contributed by atoms with Crippen molar-refractivity contribution in [1.29, 1.82) is 0 Å². The first kappa shape index (κ1) is 19.2. The van der Waals surface area contributed by atoms with Crippen molar-refractivity contribution in [3.63, 3.8) is 0 Å². The molecule has 6 heteroatoms. The molecule has 24 heavy (non-hydrogen) atoms. The zero-order chi connectivity index (χ0) is 17.9. The third-order valence-corrected chi connectivity index (χ3v) is 2.91. The third-order valence-electron chi connectivity index (χ3n) is 2.91. The van der Waals surface area contributed by atoms with Gasteiger partial charge in [0.05, 0.1) is 13.2 Å². The number of hydrogen-bond acceptors (Lipinski definition) is 6. The molecule has 0 spiro atoms. The quantitative estimate of drug-likeness (QED) is 0.393. The SMILES string of the molecule is C=C(CC(=Cc1ccc(OC=O)cc1)C(=O)OCC)C(=O)OCC. The Morgan fingerprint density at radius 2 is 1.62 bits per heavy atom. The van der Waals surface area contributed by atoms with Gasteiger partial charge in [0.2, 0.25) is 0 Å². The van der Waals surface area contributed by atoms with E-state index in [9.17, 15) is 14.4 Å². The molecule has 0 heterocycles. The fraction of sp³-hybridized carbons (Fsp3) is 0.278. The molecule has 0 radical (unpaired) electrons. The zero-order valence-electron chi connectivity index (χ0n) is 13.7. The maximum Gasteiger partial charge on any atom is 0.334 e. The molecule has 0 atom stereocenters. The number of carbonyl (C=O) groups is 3. The van der Waals surface area contributed by atoms with Gasteiger partial charge in [-0.3, -0.25) is 4.79 Å². The monoisotopic (exact) mass is 332 g/mol. The highest BCUT2D eigenvalue weighted by atomic mass is 16.5. The highest BCUT2D eigenvalue weighted by molar-refractivity contribution is 5.97. The van der Waals surface area contributed by atoms with Gasteiger partial charge in [0.25, 0.3) is 6.47 Å². The van der Waals surface area contributed by atoms with E-state index >= 15 is 0 Å². The van der Waals surface area contributed by atoms with E-state index in [2.05, 4.69) is 6.58 Å². The van der Waals surface area contributed by atoms with Crippen molar-refractivity contribution in [3.8, 4) is 5.75 Å². The van der Waals surface area contributed by atoms with Crippen LogP contribution in [0.3, 0.4) is 0 Å². The van der Waals surface area contributed by atoms with Crippen molar-refractivity contribution < 1.29 is 28.6 Å². The number of benzene rings is 1. The molecule has 1 aromatic carbocycles. The lowest BCUT2D eigenvalue weighted by atomic mass is 10.0. The zero-order valence-corrected chi connectivity index (χ0v) is 13.7. The number of esters is 2. The lowest BCUT2D eigenvalue weighted by molar-refractivity contribution is -0.139. The summed E-state index contributed by atoms with van der Waals surface area (Å²) in [6, 6.07) is 6.52. The van der Waals surface area contributed by atoms with Crippen LogP contribution in [0, 0.1) is 0 Å². The van der Waals surface area contributed by atoms with Crippen molar-refractivity contribution in [3.05, 3.63) is 47.6 Å². The number of ether oxygens (including phenoxy) is 3. The van der Waals surface area contributed by atoms with E-state index in [1.165, 1.54) is 0 Å². The number of carbonyl (C=O) groups excluding carboxylic acids is 3. The molecule has 0 fully saturated rings. The van der Waals surface area contributed by atoms with Crippen molar-refractivity contribution in [2.45, 2.75) is 20.3 Å². The largest absolute Gasteiger partial charge is 0.463 e. The van der Waals surface area contributed by atoms with Crippen LogP contribution in [0.15, 0.2) is 42.0 Å². The fourth-order valence-electron chi connectivity index (χ4n) is 1.84. The second-order valence-electron chi connectivity index (χ2n) is 4.67. The first-order valence-electron chi connectivity index (χ1n) is 7.44. The van der Waals surface area contributed by atoms with E-state index in [1.54, 1.807) is 44.2 Å². The summed E-state index contributed by atoms with van der Waals surface area (Å²) in [6.45, 7) is 7.82. The molecule has 0 aliphatic heterocycles. The lowest BCUT2D eigenvalue weighted by Gasteiger charge is -2.09. The van der Waals surface area contributed by atoms with Gasteiger partial charge in [0, 0.05) is 17.6 Å². The first-order chi connectivity index (χ1) is 11.5. The summed E-state index contributed by atoms with van der Waals surface area (Å²) in [6.07, 6.45) is 1.61. The Bertz CT molecular complexity index is 627. The lowest BCUT2D eigenvalue weighted by Crippen LogP contribution is -2.13. The minimum Gasteiger partial charge on any atom is -0.463 e. The maximum absolute atomic E-state index is 12.1. The Labute approximate surface area is 140 Å². The molecule has 6 nitrogen and oxygen atoms in total. The summed E-state index contributed by atoms with van der Waals surface area (Å²) >= 11 is 0. The molecule has 0 saturated heterocycles. The molecule has 0 N–H and O–H groups in total. The van der Waals surface area contributed by atoms with Crippen LogP contribution in [-0.2, 0) is 23.9 Å². The molecule has 0 amide bonds. The maximum atomic E-state index is 12.1. The summed E-state index contributed by atoms with van der Waals surface area (Å²) in [5.74, 6) is -0.700. The molecule has 1 rings (SSSR count). The molecule has 0 aliphatic carbocycles. The van der Waals surface area contributed by atoms with Crippen LogP contribution in [0.2, 0.25) is 0 Å². The van der Waals surface area contributed by atoms with Crippen LogP contribution >= 0.6 is 0 Å². The van der Waals surface area contributed by atoms with Crippen molar-refractivity contribution in [2.24, 2.45) is 0 Å². The summed E-state index contributed by atoms with van der Waals surface area (Å²) in [5.41, 5.74) is 1.13. The average molecular weight is 332 g/mol. The molecular formula is C18H20O6. The van der Waals surface area contributed by atoms with Gasteiger partial charge in [-0.25, -0.2) is 9.59 Å². The van der Waals surface area contributed by atoms with Crippen LogP contribution in [-0.4, -0.2) is 31.6 Å². The van der Waals surface area contributed by atoms with Crippen molar-refractivity contribution in [1.82, 2.24) is 0 Å². The van der Waals surface area contributed by atoms with E-state index in [4.69, 9.17) is 14.2 Å². The van der Waals surface area contributed by atoms with Gasteiger partial charge in [-0.05, 0) is 37.6 Å². The first-order valence-corrected chi connectivity index (χ1v) is 7.44. The third kappa shape index (κ3) is 6.08. The molecule has 1 aromatic rings. The Hall–Kier alpha value is -2.89. The van der Waals surface area contributed by atoms with Gasteiger partial charge in [0.15, 0.2) is 0 Å². The van der Waals surface area contributed by atoms with Crippen molar-refractivity contribution in [2.75, 3.05) is 13.2 Å². The van der Waals surface area contributed by atoms with Crippen LogP contribution in [0.25, 0.3) is 6.08 Å². The molecule has 128 valence electrons. The molecule has 0 aromatic heterocycles. The summed E-state index contributed by atoms with van der Waals surface area (Å²) < 4.78 is 14.6.